The van der Waals surface area contributed by atoms with E-state index in [9.17, 15) is 18.0 Å². The van der Waals surface area contributed by atoms with Crippen molar-refractivity contribution in [2.24, 2.45) is 11.1 Å². The van der Waals surface area contributed by atoms with E-state index in [-0.39, 0.29) is 23.4 Å². The molecular weight excluding hydrogens is 320 g/mol. The predicted molar refractivity (Wildman–Crippen MR) is 83.9 cm³/mol. The van der Waals surface area contributed by atoms with Crippen LogP contribution in [0.15, 0.2) is 41.3 Å². The second-order valence-electron chi connectivity index (χ2n) is 5.21. The van der Waals surface area contributed by atoms with Crippen LogP contribution in [0, 0.1) is 5.92 Å². The summed E-state index contributed by atoms with van der Waals surface area (Å²) in [5.41, 5.74) is 0.388. The Morgan fingerprint density at radius 2 is 1.91 bits per heavy atom. The van der Waals surface area contributed by atoms with Crippen LogP contribution in [0.3, 0.4) is 0 Å². The van der Waals surface area contributed by atoms with Gasteiger partial charge in [-0.3, -0.25) is 9.59 Å². The molecule has 1 aliphatic carbocycles. The third-order valence-electron chi connectivity index (χ3n) is 3.41. The first kappa shape index (κ1) is 17.2. The Balaban J connectivity index is 1.82. The lowest BCUT2D eigenvalue weighted by atomic mass is 9.95. The number of sulfonamides is 1. The number of hydrogen-bond acceptors (Lipinski definition) is 5. The Kier molecular flexibility index (Phi) is 5.51. The van der Waals surface area contributed by atoms with Crippen molar-refractivity contribution in [1.82, 2.24) is 0 Å². The van der Waals surface area contributed by atoms with E-state index < -0.39 is 15.9 Å². The highest BCUT2D eigenvalue weighted by Crippen LogP contribution is 2.19. The average Bonchev–Trinajstić information content (AvgIpc) is 2.53. The summed E-state index contributed by atoms with van der Waals surface area (Å²) in [4.78, 5) is 23.5. The molecule has 1 aromatic rings. The number of esters is 1. The number of allylic oxidation sites excluding steroid dienone is 2. The van der Waals surface area contributed by atoms with E-state index in [0.717, 1.165) is 12.8 Å². The lowest BCUT2D eigenvalue weighted by Gasteiger charge is -2.16. The summed E-state index contributed by atoms with van der Waals surface area (Å²) in [6.45, 7) is -0.379. The Morgan fingerprint density at radius 3 is 2.48 bits per heavy atom. The zero-order valence-corrected chi connectivity index (χ0v) is 13.2. The topological polar surface area (TPSA) is 116 Å². The van der Waals surface area contributed by atoms with Crippen LogP contribution in [0.2, 0.25) is 0 Å². The summed E-state index contributed by atoms with van der Waals surface area (Å²) in [6.07, 6.45) is 6.15. The van der Waals surface area contributed by atoms with E-state index in [2.05, 4.69) is 5.32 Å². The summed E-state index contributed by atoms with van der Waals surface area (Å²) >= 11 is 0. The van der Waals surface area contributed by atoms with Gasteiger partial charge in [0.1, 0.15) is 0 Å². The minimum Gasteiger partial charge on any atom is -0.455 e. The quantitative estimate of drug-likeness (QED) is 0.617. The first-order valence-electron chi connectivity index (χ1n) is 7.10. The molecule has 1 amide bonds. The highest BCUT2D eigenvalue weighted by Gasteiger charge is 2.21. The molecule has 0 radical (unpaired) electrons. The van der Waals surface area contributed by atoms with Gasteiger partial charge < -0.3 is 10.1 Å². The molecule has 8 heteroatoms. The summed E-state index contributed by atoms with van der Waals surface area (Å²) in [6, 6.07) is 5.38. The fraction of sp³-hybridized carbons (Fsp3) is 0.333. The van der Waals surface area contributed by atoms with Gasteiger partial charge in [0.15, 0.2) is 6.61 Å². The highest BCUT2D eigenvalue weighted by atomic mass is 32.2. The fourth-order valence-electron chi connectivity index (χ4n) is 2.19. The van der Waals surface area contributed by atoms with E-state index in [1.807, 2.05) is 12.2 Å². The minimum atomic E-state index is -3.77. The molecule has 0 aromatic heterocycles. The van der Waals surface area contributed by atoms with Gasteiger partial charge in [-0.15, -0.1) is 0 Å². The number of nitrogens with two attached hydrogens (primary N) is 1. The Morgan fingerprint density at radius 1 is 1.22 bits per heavy atom. The number of carbonyl (C=O) groups is 2. The molecule has 23 heavy (non-hydrogen) atoms. The number of nitrogens with one attached hydrogen (secondary N) is 1. The second-order valence-corrected chi connectivity index (χ2v) is 6.77. The molecule has 0 fully saturated rings. The number of ether oxygens (including phenoxy) is 1. The second kappa shape index (κ2) is 7.38. The SMILES string of the molecule is NS(=O)(=O)c1ccc(NC(=O)COC(=O)[C@@H]2CC=CCC2)cc1. The van der Waals surface area contributed by atoms with Crippen LogP contribution in [0.5, 0.6) is 0 Å². The van der Waals surface area contributed by atoms with Crippen molar-refractivity contribution in [2.75, 3.05) is 11.9 Å². The van der Waals surface area contributed by atoms with E-state index in [1.165, 1.54) is 24.3 Å². The van der Waals surface area contributed by atoms with Crippen molar-refractivity contribution < 1.29 is 22.7 Å². The largest absolute Gasteiger partial charge is 0.455 e. The molecule has 0 saturated heterocycles. The van der Waals surface area contributed by atoms with Gasteiger partial charge in [0.25, 0.3) is 5.91 Å². The monoisotopic (exact) mass is 338 g/mol. The van der Waals surface area contributed by atoms with Gasteiger partial charge in [-0.2, -0.15) is 0 Å². The Bertz CT molecular complexity index is 710. The molecule has 0 spiro atoms. The standard InChI is InChI=1S/C15H18N2O5S/c16-23(20,21)13-8-6-12(7-9-13)17-14(18)10-22-15(19)11-4-2-1-3-5-11/h1-2,6-9,11H,3-5,10H2,(H,17,18)(H2,16,20,21)/t11-/m1/s1. The molecule has 1 aromatic carbocycles. The van der Waals surface area contributed by atoms with Crippen molar-refractivity contribution in [2.45, 2.75) is 24.2 Å². The van der Waals surface area contributed by atoms with Gasteiger partial charge in [0, 0.05) is 5.69 Å². The maximum atomic E-state index is 11.8. The average molecular weight is 338 g/mol. The van der Waals surface area contributed by atoms with Crippen LogP contribution in [0.1, 0.15) is 19.3 Å². The van der Waals surface area contributed by atoms with Crippen LogP contribution < -0.4 is 10.5 Å². The van der Waals surface area contributed by atoms with Gasteiger partial charge >= 0.3 is 5.97 Å². The van der Waals surface area contributed by atoms with Crippen molar-refractivity contribution in [1.29, 1.82) is 0 Å². The molecule has 3 N–H and O–H groups in total. The normalized spacial score (nSPS) is 17.5. The number of rotatable bonds is 5. The van der Waals surface area contributed by atoms with Crippen LogP contribution in [0.25, 0.3) is 0 Å². The van der Waals surface area contributed by atoms with Crippen molar-refractivity contribution in [3.63, 3.8) is 0 Å². The first-order chi connectivity index (χ1) is 10.9. The highest BCUT2D eigenvalue weighted by molar-refractivity contribution is 7.89. The van der Waals surface area contributed by atoms with Crippen LogP contribution in [0.4, 0.5) is 5.69 Å². The van der Waals surface area contributed by atoms with E-state index >= 15 is 0 Å². The number of carbonyl (C=O) groups excluding carboxylic acids is 2. The number of hydrogen-bond donors (Lipinski definition) is 2. The third-order valence-corrected chi connectivity index (χ3v) is 4.34. The fourth-order valence-corrected chi connectivity index (χ4v) is 2.70. The smallest absolute Gasteiger partial charge is 0.309 e. The zero-order valence-electron chi connectivity index (χ0n) is 12.4. The Hall–Kier alpha value is -2.19. The Labute approximate surface area is 134 Å². The van der Waals surface area contributed by atoms with E-state index in [1.54, 1.807) is 0 Å². The minimum absolute atomic E-state index is 0.0488. The maximum absolute atomic E-state index is 11.8. The zero-order chi connectivity index (χ0) is 16.9. The number of benzene rings is 1. The van der Waals surface area contributed by atoms with Crippen LogP contribution in [-0.4, -0.2) is 26.9 Å². The molecule has 0 unspecified atom stereocenters. The molecule has 124 valence electrons. The summed E-state index contributed by atoms with van der Waals surface area (Å²) in [5, 5.41) is 7.50. The number of primary sulfonamides is 1. The summed E-state index contributed by atoms with van der Waals surface area (Å²) in [7, 11) is -3.77. The lowest BCUT2D eigenvalue weighted by Crippen LogP contribution is -2.25. The molecule has 0 aliphatic heterocycles. The van der Waals surface area contributed by atoms with Gasteiger partial charge in [0.05, 0.1) is 10.8 Å². The molecule has 1 atom stereocenters. The van der Waals surface area contributed by atoms with Gasteiger partial charge in [-0.25, -0.2) is 13.6 Å². The van der Waals surface area contributed by atoms with Crippen molar-refractivity contribution in [3.8, 4) is 0 Å². The van der Waals surface area contributed by atoms with Crippen LogP contribution in [-0.2, 0) is 24.3 Å². The molecule has 0 heterocycles. The van der Waals surface area contributed by atoms with Crippen molar-refractivity contribution in [3.05, 3.63) is 36.4 Å². The first-order valence-corrected chi connectivity index (χ1v) is 8.65. The van der Waals surface area contributed by atoms with Gasteiger partial charge in [-0.1, -0.05) is 12.2 Å². The summed E-state index contributed by atoms with van der Waals surface area (Å²) < 4.78 is 27.2. The number of anilines is 1. The van der Waals surface area contributed by atoms with Crippen molar-refractivity contribution >= 4 is 27.6 Å². The molecular formula is C15H18N2O5S. The molecule has 1 aliphatic rings. The predicted octanol–water partition coefficient (Wildman–Crippen LogP) is 1.17. The molecule has 2 rings (SSSR count). The van der Waals surface area contributed by atoms with E-state index in [4.69, 9.17) is 9.88 Å². The molecule has 7 nitrogen and oxygen atoms in total. The van der Waals surface area contributed by atoms with Crippen LogP contribution >= 0.6 is 0 Å². The van der Waals surface area contributed by atoms with E-state index in [0.29, 0.717) is 12.1 Å². The lowest BCUT2D eigenvalue weighted by molar-refractivity contribution is -0.151. The molecule has 0 bridgehead atoms. The number of amides is 1. The van der Waals surface area contributed by atoms with Gasteiger partial charge in [0.2, 0.25) is 10.0 Å². The van der Waals surface area contributed by atoms with Gasteiger partial charge in [-0.05, 0) is 43.5 Å². The molecule has 0 saturated carbocycles. The maximum Gasteiger partial charge on any atom is 0.309 e. The third kappa shape index (κ3) is 5.19. The summed E-state index contributed by atoms with van der Waals surface area (Å²) in [5.74, 6) is -1.07.